The number of nitrogens with zero attached hydrogens (tertiary/aromatic N) is 3. The second kappa shape index (κ2) is 3.01. The van der Waals surface area contributed by atoms with E-state index >= 15 is 0 Å². The topological polar surface area (TPSA) is 30.7 Å². The molecular weight excluding hydrogens is 162 g/mol. The van der Waals surface area contributed by atoms with E-state index in [0.29, 0.717) is 0 Å². The second-order valence-corrected chi connectivity index (χ2v) is 3.03. The molecule has 0 spiro atoms. The molecule has 0 radical (unpaired) electrons. The van der Waals surface area contributed by atoms with E-state index in [-0.39, 0.29) is 0 Å². The Balaban J connectivity index is 2.53. The fourth-order valence-electron chi connectivity index (χ4n) is 1.35. The molecule has 0 saturated carbocycles. The van der Waals surface area contributed by atoms with Crippen LogP contribution in [-0.2, 0) is 7.05 Å². The van der Waals surface area contributed by atoms with Crippen molar-refractivity contribution in [1.82, 2.24) is 14.5 Å². The van der Waals surface area contributed by atoms with Crippen LogP contribution in [-0.4, -0.2) is 14.5 Å². The highest BCUT2D eigenvalue weighted by molar-refractivity contribution is 5.49. The molecule has 0 aliphatic heterocycles. The minimum atomic E-state index is 0.915. The number of rotatable bonds is 1. The van der Waals surface area contributed by atoms with Crippen LogP contribution in [0.5, 0.6) is 0 Å². The molecule has 0 aliphatic rings. The van der Waals surface area contributed by atoms with Crippen LogP contribution < -0.4 is 0 Å². The zero-order valence-electron chi connectivity index (χ0n) is 7.73. The standard InChI is InChI=1S/C10H11N3/c1-8-7-13(2)10(12-8)9-5-3-4-6-11-9/h3-7H,1-2H3. The summed E-state index contributed by atoms with van der Waals surface area (Å²) in [7, 11) is 1.98. The van der Waals surface area contributed by atoms with Crippen LogP contribution in [0.1, 0.15) is 5.69 Å². The Morgan fingerprint density at radius 3 is 2.69 bits per heavy atom. The molecule has 0 fully saturated rings. The average Bonchev–Trinajstić information content (AvgIpc) is 2.47. The normalized spacial score (nSPS) is 10.3. The molecule has 0 N–H and O–H groups in total. The molecule has 0 unspecified atom stereocenters. The molecule has 0 aliphatic carbocycles. The Morgan fingerprint density at radius 1 is 1.31 bits per heavy atom. The summed E-state index contributed by atoms with van der Waals surface area (Å²) < 4.78 is 1.98. The third-order valence-corrected chi connectivity index (χ3v) is 1.89. The maximum atomic E-state index is 4.38. The van der Waals surface area contributed by atoms with Crippen LogP contribution in [0.15, 0.2) is 30.6 Å². The fraction of sp³-hybridized carbons (Fsp3) is 0.200. The van der Waals surface area contributed by atoms with E-state index in [0.717, 1.165) is 17.2 Å². The number of pyridine rings is 1. The van der Waals surface area contributed by atoms with Crippen LogP contribution in [0.25, 0.3) is 11.5 Å². The molecule has 3 nitrogen and oxygen atoms in total. The SMILES string of the molecule is Cc1cn(C)c(-c2ccccn2)n1. The van der Waals surface area contributed by atoms with Crippen molar-refractivity contribution in [3.05, 3.63) is 36.3 Å². The van der Waals surface area contributed by atoms with E-state index in [2.05, 4.69) is 9.97 Å². The van der Waals surface area contributed by atoms with Gasteiger partial charge < -0.3 is 4.57 Å². The van der Waals surface area contributed by atoms with Crippen molar-refractivity contribution in [2.75, 3.05) is 0 Å². The van der Waals surface area contributed by atoms with Gasteiger partial charge in [0.05, 0.1) is 5.69 Å². The largest absolute Gasteiger partial charge is 0.332 e. The highest BCUT2D eigenvalue weighted by Crippen LogP contribution is 2.13. The smallest absolute Gasteiger partial charge is 0.158 e. The Bertz CT molecular complexity index is 403. The molecule has 0 saturated heterocycles. The minimum absolute atomic E-state index is 0.915. The Kier molecular flexibility index (Phi) is 1.85. The number of aromatic nitrogens is 3. The van der Waals surface area contributed by atoms with Gasteiger partial charge in [0.25, 0.3) is 0 Å². The van der Waals surface area contributed by atoms with Gasteiger partial charge in [-0.2, -0.15) is 0 Å². The highest BCUT2D eigenvalue weighted by atomic mass is 15.1. The van der Waals surface area contributed by atoms with Crippen molar-refractivity contribution >= 4 is 0 Å². The van der Waals surface area contributed by atoms with Gasteiger partial charge in [-0.05, 0) is 19.1 Å². The predicted octanol–water partition coefficient (Wildman–Crippen LogP) is 1.79. The highest BCUT2D eigenvalue weighted by Gasteiger charge is 2.04. The van der Waals surface area contributed by atoms with Crippen LogP contribution in [0.3, 0.4) is 0 Å². The third kappa shape index (κ3) is 1.45. The first-order valence-electron chi connectivity index (χ1n) is 4.19. The van der Waals surface area contributed by atoms with Gasteiger partial charge in [-0.3, -0.25) is 4.98 Å². The molecule has 0 atom stereocenters. The van der Waals surface area contributed by atoms with Gasteiger partial charge in [0.1, 0.15) is 5.69 Å². The van der Waals surface area contributed by atoms with E-state index in [4.69, 9.17) is 0 Å². The monoisotopic (exact) mass is 173 g/mol. The third-order valence-electron chi connectivity index (χ3n) is 1.89. The van der Waals surface area contributed by atoms with Crippen LogP contribution >= 0.6 is 0 Å². The van der Waals surface area contributed by atoms with E-state index < -0.39 is 0 Å². The maximum absolute atomic E-state index is 4.38. The lowest BCUT2D eigenvalue weighted by Crippen LogP contribution is -1.92. The molecule has 2 aromatic rings. The van der Waals surface area contributed by atoms with Gasteiger partial charge in [-0.1, -0.05) is 6.07 Å². The molecule has 2 aromatic heterocycles. The molecule has 66 valence electrons. The number of aryl methyl sites for hydroxylation is 2. The molecule has 3 heteroatoms. The summed E-state index contributed by atoms with van der Waals surface area (Å²) in [5.41, 5.74) is 1.93. The van der Waals surface area contributed by atoms with Crippen molar-refractivity contribution < 1.29 is 0 Å². The summed E-state index contributed by atoms with van der Waals surface area (Å²) >= 11 is 0. The maximum Gasteiger partial charge on any atom is 0.158 e. The van der Waals surface area contributed by atoms with Gasteiger partial charge in [0.15, 0.2) is 5.82 Å². The average molecular weight is 173 g/mol. The quantitative estimate of drug-likeness (QED) is 0.658. The number of imidazole rings is 1. The summed E-state index contributed by atoms with van der Waals surface area (Å²) in [5, 5.41) is 0. The summed E-state index contributed by atoms with van der Waals surface area (Å²) in [6.07, 6.45) is 3.77. The van der Waals surface area contributed by atoms with Gasteiger partial charge >= 0.3 is 0 Å². The van der Waals surface area contributed by atoms with Crippen molar-refractivity contribution in [2.45, 2.75) is 6.92 Å². The van der Waals surface area contributed by atoms with Gasteiger partial charge in [0.2, 0.25) is 0 Å². The number of hydrogen-bond acceptors (Lipinski definition) is 2. The van der Waals surface area contributed by atoms with Gasteiger partial charge in [-0.15, -0.1) is 0 Å². The minimum Gasteiger partial charge on any atom is -0.332 e. The molecule has 0 aromatic carbocycles. The molecule has 13 heavy (non-hydrogen) atoms. The van der Waals surface area contributed by atoms with E-state index in [9.17, 15) is 0 Å². The lowest BCUT2D eigenvalue weighted by Gasteiger charge is -1.98. The molecule has 0 amide bonds. The first kappa shape index (κ1) is 7.98. The van der Waals surface area contributed by atoms with Crippen molar-refractivity contribution in [3.8, 4) is 11.5 Å². The van der Waals surface area contributed by atoms with Crippen LogP contribution in [0, 0.1) is 6.92 Å². The van der Waals surface area contributed by atoms with Gasteiger partial charge in [0, 0.05) is 19.4 Å². The van der Waals surface area contributed by atoms with E-state index in [1.54, 1.807) is 6.20 Å². The van der Waals surface area contributed by atoms with Crippen molar-refractivity contribution in [2.24, 2.45) is 7.05 Å². The first-order valence-corrected chi connectivity index (χ1v) is 4.19. The summed E-state index contributed by atoms with van der Waals surface area (Å²) in [4.78, 5) is 8.62. The second-order valence-electron chi connectivity index (χ2n) is 3.03. The molecule has 2 rings (SSSR count). The molecule has 2 heterocycles. The summed E-state index contributed by atoms with van der Waals surface area (Å²) in [6, 6.07) is 5.83. The van der Waals surface area contributed by atoms with Gasteiger partial charge in [-0.25, -0.2) is 4.98 Å². The first-order chi connectivity index (χ1) is 6.27. The predicted molar refractivity (Wildman–Crippen MR) is 51.2 cm³/mol. The molecular formula is C10H11N3. The summed E-state index contributed by atoms with van der Waals surface area (Å²) in [5.74, 6) is 0.915. The van der Waals surface area contributed by atoms with Crippen molar-refractivity contribution in [1.29, 1.82) is 0 Å². The number of hydrogen-bond donors (Lipinski definition) is 0. The van der Waals surface area contributed by atoms with Crippen LogP contribution in [0.2, 0.25) is 0 Å². The fourth-order valence-corrected chi connectivity index (χ4v) is 1.35. The lowest BCUT2D eigenvalue weighted by atomic mass is 10.3. The lowest BCUT2D eigenvalue weighted by molar-refractivity contribution is 0.917. The van der Waals surface area contributed by atoms with Crippen molar-refractivity contribution in [3.63, 3.8) is 0 Å². The van der Waals surface area contributed by atoms with E-state index in [1.807, 2.05) is 42.9 Å². The zero-order chi connectivity index (χ0) is 9.26. The Labute approximate surface area is 77.1 Å². The zero-order valence-corrected chi connectivity index (χ0v) is 7.73. The summed E-state index contributed by atoms with van der Waals surface area (Å²) in [6.45, 7) is 1.98. The van der Waals surface area contributed by atoms with Crippen LogP contribution in [0.4, 0.5) is 0 Å². The molecule has 0 bridgehead atoms. The Hall–Kier alpha value is -1.64. The van der Waals surface area contributed by atoms with E-state index in [1.165, 1.54) is 0 Å². The Morgan fingerprint density at radius 2 is 2.15 bits per heavy atom.